The summed E-state index contributed by atoms with van der Waals surface area (Å²) in [4.78, 5) is 182. The van der Waals surface area contributed by atoms with Gasteiger partial charge in [-0.1, -0.05) is 0 Å². The number of carbonyl (C=O) groups is 13. The van der Waals surface area contributed by atoms with Gasteiger partial charge < -0.3 is 105 Å². The highest BCUT2D eigenvalue weighted by atomic mass is 16.5. The number of phenols is 1. The number of amides is 12. The number of nitrogens with zero attached hydrogens (tertiary/aromatic N) is 3. The lowest BCUT2D eigenvalue weighted by Gasteiger charge is -2.35. The van der Waals surface area contributed by atoms with Crippen LogP contribution in [0, 0.1) is 0 Å². The van der Waals surface area contributed by atoms with E-state index in [1.54, 1.807) is 0 Å². The third-order valence-electron chi connectivity index (χ3n) is 13.2. The summed E-state index contributed by atoms with van der Waals surface area (Å²) in [5, 5.41) is 98.6. The van der Waals surface area contributed by atoms with Crippen LogP contribution < -0.4 is 75.0 Å². The lowest BCUT2D eigenvalue weighted by molar-refractivity contribution is -0.173. The van der Waals surface area contributed by atoms with E-state index in [2.05, 4.69) is 58.2 Å². The molecule has 4 aliphatic heterocycles. The van der Waals surface area contributed by atoms with E-state index in [1.807, 2.05) is 10.6 Å². The van der Waals surface area contributed by atoms with Crippen molar-refractivity contribution in [2.45, 2.75) is 106 Å². The fourth-order valence-electron chi connectivity index (χ4n) is 8.66. The van der Waals surface area contributed by atoms with Gasteiger partial charge in [0.25, 0.3) is 5.91 Å². The van der Waals surface area contributed by atoms with Gasteiger partial charge in [0.1, 0.15) is 66.1 Å². The van der Waals surface area contributed by atoms with Gasteiger partial charge in [0, 0.05) is 31.3 Å². The minimum atomic E-state index is -2.69. The molecule has 12 amide bonds. The molecule has 1 saturated heterocycles. The number of amidine groups is 1. The molecule has 0 spiro atoms. The van der Waals surface area contributed by atoms with Crippen LogP contribution in [0.25, 0.3) is 11.3 Å². The Bertz CT molecular complexity index is 2990. The molecule has 85 heavy (non-hydrogen) atoms. The van der Waals surface area contributed by atoms with Crippen molar-refractivity contribution in [2.75, 3.05) is 63.1 Å². The summed E-state index contributed by atoms with van der Waals surface area (Å²) in [6.45, 7) is -1.75. The summed E-state index contributed by atoms with van der Waals surface area (Å²) >= 11 is 0. The number of aromatic hydroxyl groups is 1. The van der Waals surface area contributed by atoms with E-state index in [-0.39, 0.29) is 67.5 Å². The molecule has 0 radical (unpaired) electrons. The van der Waals surface area contributed by atoms with Gasteiger partial charge in [0.15, 0.2) is 11.9 Å². The number of hydroxylamine groups is 2. The lowest BCUT2D eigenvalue weighted by atomic mass is 10.0. The molecule has 1 aliphatic carbocycles. The summed E-state index contributed by atoms with van der Waals surface area (Å²) in [6, 6.07) is -8.29. The van der Waals surface area contributed by atoms with Crippen molar-refractivity contribution in [3.8, 4) is 17.0 Å². The molecule has 464 valence electrons. The van der Waals surface area contributed by atoms with E-state index in [9.17, 15) is 103 Å². The molecular weight excluding hydrogens is 1140 g/mol. The predicted octanol–water partition coefficient (Wildman–Crippen LogP) is -10.3. The molecule has 0 aromatic heterocycles. The highest BCUT2D eigenvalue weighted by molar-refractivity contribution is 6.01. The van der Waals surface area contributed by atoms with Gasteiger partial charge in [-0.15, -0.1) is 0 Å². The van der Waals surface area contributed by atoms with Gasteiger partial charge in [0.05, 0.1) is 50.7 Å². The number of benzene rings is 1. The zero-order valence-corrected chi connectivity index (χ0v) is 45.5. The third-order valence-corrected chi connectivity index (χ3v) is 13.2. The number of aliphatic carboxylic acids is 1. The highest BCUT2D eigenvalue weighted by Crippen LogP contribution is 2.39. The zero-order chi connectivity index (χ0) is 63.0. The Balaban J connectivity index is 1.11. The van der Waals surface area contributed by atoms with Crippen LogP contribution in [-0.2, 0) is 62.3 Å². The summed E-state index contributed by atoms with van der Waals surface area (Å²) in [7, 11) is 0. The number of nitrogens with one attached hydrogen (secondary N) is 12. The summed E-state index contributed by atoms with van der Waals surface area (Å²) < 4.78 is 1.36. The Hall–Kier alpha value is -9.59. The van der Waals surface area contributed by atoms with E-state index in [0.717, 1.165) is 19.1 Å². The summed E-state index contributed by atoms with van der Waals surface area (Å²) in [5.74, 6) is -14.6. The molecule has 0 aromatic rings. The number of aliphatic imine (C=N–C) groups is 1. The summed E-state index contributed by atoms with van der Waals surface area (Å²) in [5.41, 5.74) is 4.59. The molecule has 37 heteroatoms. The van der Waals surface area contributed by atoms with Crippen molar-refractivity contribution >= 4 is 94.2 Å². The van der Waals surface area contributed by atoms with Crippen LogP contribution in [0.5, 0.6) is 5.75 Å². The van der Waals surface area contributed by atoms with Crippen molar-refractivity contribution in [1.82, 2.24) is 62.8 Å². The van der Waals surface area contributed by atoms with Crippen molar-refractivity contribution < 1.29 is 98.2 Å². The number of aliphatic hydroxyl groups is 4. The minimum absolute atomic E-state index is 0.0119. The number of pyridine rings is 1. The number of piperidine rings is 1. The van der Waals surface area contributed by atoms with Crippen molar-refractivity contribution in [3.05, 3.63) is 28.4 Å². The van der Waals surface area contributed by atoms with Crippen LogP contribution in [0.15, 0.2) is 28.0 Å². The van der Waals surface area contributed by atoms with E-state index in [1.165, 1.54) is 17.6 Å². The van der Waals surface area contributed by atoms with E-state index in [4.69, 9.17) is 5.73 Å². The third kappa shape index (κ3) is 18.0. The molecule has 1 fully saturated rings. The Morgan fingerprint density at radius 2 is 1.40 bits per heavy atom. The smallest absolute Gasteiger partial charge is 0.335 e. The second-order valence-electron chi connectivity index (χ2n) is 19.5. The first-order valence-electron chi connectivity index (χ1n) is 26.1. The Kier molecular flexibility index (Phi) is 23.5. The number of aromatic nitrogens is 1. The largest absolute Gasteiger partial charge is 0.504 e. The first-order valence-corrected chi connectivity index (χ1v) is 26.1. The fourth-order valence-corrected chi connectivity index (χ4v) is 8.66. The van der Waals surface area contributed by atoms with Crippen LogP contribution in [0.2, 0.25) is 0 Å². The molecule has 9 unspecified atom stereocenters. The number of aliphatic hydroxyl groups excluding tert-OH is 4. The van der Waals surface area contributed by atoms with Gasteiger partial charge in [-0.05, 0) is 51.7 Å². The minimum Gasteiger partial charge on any atom is -0.504 e. The molecule has 0 saturated carbocycles. The maximum absolute atomic E-state index is 14.1. The van der Waals surface area contributed by atoms with Gasteiger partial charge in [-0.3, -0.25) is 72.5 Å². The SMILES string of the molecule is CC(NC(=O)CNC(=O)C(C)NC(=O)C(NC(=O)C(CO)NC(=O)CNC(=O)C1CCN=C(C(CO)NC(=O)[C@@H]2CCNc3c(NC(=O)CC(O)C(N)=O)cc4cc(O)c(=O)cc-4n32)N1)C(O)C(=O)O)C(=O)NCC(=O)NC1CCCN(O)C1=O. The van der Waals surface area contributed by atoms with Crippen LogP contribution in [0.1, 0.15) is 52.0 Å². The maximum atomic E-state index is 14.1. The number of hydrogen-bond acceptors (Lipinski definition) is 23. The van der Waals surface area contributed by atoms with Crippen LogP contribution in [0.4, 0.5) is 11.5 Å². The number of phenolic OH excluding ortho intramolecular Hbond substituents is 1. The van der Waals surface area contributed by atoms with Gasteiger partial charge in [-0.2, -0.15) is 0 Å². The normalized spacial score (nSPS) is 18.8. The molecule has 10 atom stereocenters. The second kappa shape index (κ2) is 30.1. The maximum Gasteiger partial charge on any atom is 0.335 e. The quantitative estimate of drug-likeness (QED) is 0.0369. The van der Waals surface area contributed by atoms with E-state index >= 15 is 0 Å². The summed E-state index contributed by atoms with van der Waals surface area (Å²) in [6.07, 6.45) is -4.50. The number of nitrogens with two attached hydrogens (primary N) is 1. The Morgan fingerprint density at radius 3 is 2.05 bits per heavy atom. The molecule has 5 rings (SSSR count). The number of primary amides is 1. The number of anilines is 2. The average molecular weight is 1200 g/mol. The molecule has 4 heterocycles. The predicted molar refractivity (Wildman–Crippen MR) is 286 cm³/mol. The van der Waals surface area contributed by atoms with Crippen molar-refractivity contribution in [1.29, 1.82) is 0 Å². The number of carboxylic acid groups (broad SMARTS) is 1. The molecule has 21 N–H and O–H groups in total. The standard InChI is InChI=1S/C48H66N16O21/c1-19(41(76)53-15-34(72)57-23-4-3-9-63(85)47(23)82)55-33(71)14-52-42(77)20(2)56-46(81)36(37(74)48(83)84)62-44(79)26(18-66)59-35(73)16-54-43(78)22-5-7-50-39(60-22)25(17-65)61-45(80)27-6-8-51-40-24(58-32(70)13-31(69)38(49)75)10-21-11-29(67)30(68)12-28(21)64(27)40/h10-12,19-20,22-23,25-27,31,36-37,51,65-67,69,74,85H,3-9,13-18H2,1-2H3,(H2,49,75)(H,50,60)(H,52,77)(H,53,76)(H,54,78)(H,55,71)(H,56,81)(H,57,72)(H,58,70)(H,59,73)(H,61,80)(H,62,79)(H,83,84)/t19?,20?,22?,23?,25?,26?,27-,31?,36?,37?/m0/s1. The molecule has 5 aliphatic rings. The number of rotatable bonds is 27. The number of carboxylic acids is 1. The Labute approximate surface area is 479 Å². The number of carbonyl (C=O) groups excluding carboxylic acids is 12. The zero-order valence-electron chi connectivity index (χ0n) is 45.5. The number of hydrogen-bond donors (Lipinski definition) is 20. The monoisotopic (exact) mass is 1200 g/mol. The van der Waals surface area contributed by atoms with Gasteiger partial charge >= 0.3 is 5.97 Å². The molecule has 37 nitrogen and oxygen atoms in total. The average Bonchev–Trinajstić information content (AvgIpc) is 1.16. The van der Waals surface area contributed by atoms with Crippen LogP contribution in [0.3, 0.4) is 0 Å². The molecule has 0 bridgehead atoms. The van der Waals surface area contributed by atoms with Crippen LogP contribution in [-0.4, -0.2) is 235 Å². The first kappa shape index (κ1) is 66.2. The van der Waals surface area contributed by atoms with Gasteiger partial charge in [-0.25, -0.2) is 9.86 Å². The van der Waals surface area contributed by atoms with Gasteiger partial charge in [0.2, 0.25) is 70.4 Å². The number of fused-ring (bicyclic) bond motifs is 3. The second-order valence-corrected chi connectivity index (χ2v) is 19.5. The van der Waals surface area contributed by atoms with E-state index < -0.39 is 188 Å². The molecular formula is C48H66N16O21. The van der Waals surface area contributed by atoms with Crippen molar-refractivity contribution in [3.63, 3.8) is 0 Å². The molecule has 0 aromatic carbocycles. The Morgan fingerprint density at radius 1 is 0.753 bits per heavy atom. The van der Waals surface area contributed by atoms with E-state index in [0.29, 0.717) is 11.5 Å². The fraction of sp³-hybridized carbons (Fsp3) is 0.521. The first-order chi connectivity index (χ1) is 40.1. The van der Waals surface area contributed by atoms with Crippen LogP contribution >= 0.6 is 0 Å². The lowest BCUT2D eigenvalue weighted by Crippen LogP contribution is -2.62. The topological polar surface area (TPSA) is 572 Å². The highest BCUT2D eigenvalue weighted by Gasteiger charge is 2.39. The van der Waals surface area contributed by atoms with Crippen molar-refractivity contribution in [2.24, 2.45) is 10.7 Å².